The molecule has 0 aliphatic carbocycles. The number of rotatable bonds is 9. The Balaban J connectivity index is 1.55. The van der Waals surface area contributed by atoms with E-state index in [1.165, 1.54) is 22.2 Å². The molecule has 2 aromatic carbocycles. The second-order valence-corrected chi connectivity index (χ2v) is 10.0. The van der Waals surface area contributed by atoms with Crippen LogP contribution in [0.5, 0.6) is 5.75 Å². The number of ether oxygens (including phenoxy) is 1. The van der Waals surface area contributed by atoms with Crippen molar-refractivity contribution in [3.05, 3.63) is 81.3 Å². The van der Waals surface area contributed by atoms with E-state index in [9.17, 15) is 4.79 Å². The van der Waals surface area contributed by atoms with Gasteiger partial charge in [-0.2, -0.15) is 0 Å². The predicted octanol–water partition coefficient (Wildman–Crippen LogP) is 5.97. The minimum atomic E-state index is -0.0684. The number of aryl methyl sites for hydroxylation is 3. The van der Waals surface area contributed by atoms with Crippen LogP contribution in [0.2, 0.25) is 0 Å². The van der Waals surface area contributed by atoms with Crippen molar-refractivity contribution in [1.82, 2.24) is 14.8 Å². The van der Waals surface area contributed by atoms with E-state index in [0.29, 0.717) is 18.2 Å². The average molecular weight is 493 g/mol. The highest BCUT2D eigenvalue weighted by atomic mass is 32.2. The summed E-state index contributed by atoms with van der Waals surface area (Å²) in [4.78, 5) is 14.0. The van der Waals surface area contributed by atoms with Gasteiger partial charge in [-0.15, -0.1) is 21.5 Å². The number of anilines is 1. The van der Waals surface area contributed by atoms with E-state index in [1.807, 2.05) is 55.7 Å². The first kappa shape index (κ1) is 24.0. The molecule has 0 atom stereocenters. The molecular formula is C26H28N4O2S2. The van der Waals surface area contributed by atoms with Crippen LogP contribution in [-0.2, 0) is 11.2 Å². The minimum Gasteiger partial charge on any atom is -0.494 e. The highest BCUT2D eigenvalue weighted by Gasteiger charge is 2.17. The van der Waals surface area contributed by atoms with Gasteiger partial charge < -0.3 is 10.1 Å². The lowest BCUT2D eigenvalue weighted by atomic mass is 10.1. The highest BCUT2D eigenvalue weighted by Crippen LogP contribution is 2.27. The van der Waals surface area contributed by atoms with Crippen LogP contribution in [0.4, 0.5) is 5.69 Å². The first-order chi connectivity index (χ1) is 16.4. The number of nitrogens with one attached hydrogen (secondary N) is 1. The smallest absolute Gasteiger partial charge is 0.234 e. The van der Waals surface area contributed by atoms with Crippen molar-refractivity contribution >= 4 is 34.7 Å². The summed E-state index contributed by atoms with van der Waals surface area (Å²) in [7, 11) is 0. The molecule has 2 heterocycles. The molecule has 4 rings (SSSR count). The third-order valence-corrected chi connectivity index (χ3v) is 7.10. The van der Waals surface area contributed by atoms with Crippen LogP contribution in [0.1, 0.15) is 34.3 Å². The molecule has 8 heteroatoms. The lowest BCUT2D eigenvalue weighted by molar-refractivity contribution is -0.113. The molecule has 0 saturated heterocycles. The predicted molar refractivity (Wildman–Crippen MR) is 140 cm³/mol. The summed E-state index contributed by atoms with van der Waals surface area (Å²) in [5.74, 6) is 1.82. The SMILES string of the molecule is CCOc1ccc(-n2c(Cc3cccs3)nnc2SCC(=O)Nc2c(C)cc(C)cc2C)cc1. The third-order valence-electron chi connectivity index (χ3n) is 5.29. The number of amides is 1. The molecule has 2 aromatic heterocycles. The minimum absolute atomic E-state index is 0.0684. The summed E-state index contributed by atoms with van der Waals surface area (Å²) >= 11 is 3.07. The zero-order valence-electron chi connectivity index (χ0n) is 19.8. The van der Waals surface area contributed by atoms with Gasteiger partial charge in [0, 0.05) is 22.7 Å². The van der Waals surface area contributed by atoms with E-state index in [1.54, 1.807) is 11.3 Å². The van der Waals surface area contributed by atoms with Crippen LogP contribution < -0.4 is 10.1 Å². The molecule has 4 aromatic rings. The fraction of sp³-hybridized carbons (Fsp3) is 0.269. The van der Waals surface area contributed by atoms with Crippen LogP contribution in [0.3, 0.4) is 0 Å². The Morgan fingerprint density at radius 1 is 1.09 bits per heavy atom. The molecular weight excluding hydrogens is 464 g/mol. The van der Waals surface area contributed by atoms with Crippen molar-refractivity contribution in [2.24, 2.45) is 0 Å². The average Bonchev–Trinajstić information content (AvgIpc) is 3.46. The second-order valence-electron chi connectivity index (χ2n) is 8.03. The summed E-state index contributed by atoms with van der Waals surface area (Å²) in [6.07, 6.45) is 0.673. The summed E-state index contributed by atoms with van der Waals surface area (Å²) in [6.45, 7) is 8.67. The van der Waals surface area contributed by atoms with Crippen molar-refractivity contribution in [1.29, 1.82) is 0 Å². The first-order valence-electron chi connectivity index (χ1n) is 11.1. The summed E-state index contributed by atoms with van der Waals surface area (Å²) in [5.41, 5.74) is 5.12. The maximum atomic E-state index is 12.8. The molecule has 0 spiro atoms. The topological polar surface area (TPSA) is 69.0 Å². The van der Waals surface area contributed by atoms with Gasteiger partial charge in [0.1, 0.15) is 11.6 Å². The maximum Gasteiger partial charge on any atom is 0.234 e. The van der Waals surface area contributed by atoms with Crippen molar-refractivity contribution in [3.8, 4) is 11.4 Å². The number of aromatic nitrogens is 3. The first-order valence-corrected chi connectivity index (χ1v) is 13.0. The van der Waals surface area contributed by atoms with E-state index >= 15 is 0 Å². The van der Waals surface area contributed by atoms with Crippen molar-refractivity contribution in [3.63, 3.8) is 0 Å². The zero-order valence-corrected chi connectivity index (χ0v) is 21.4. The Bertz CT molecular complexity index is 1240. The number of benzene rings is 2. The van der Waals surface area contributed by atoms with Gasteiger partial charge >= 0.3 is 0 Å². The number of thiophene rings is 1. The summed E-state index contributed by atoms with van der Waals surface area (Å²) in [5, 5.41) is 14.7. The highest BCUT2D eigenvalue weighted by molar-refractivity contribution is 7.99. The molecule has 0 unspecified atom stereocenters. The van der Waals surface area contributed by atoms with Crippen LogP contribution in [-0.4, -0.2) is 33.0 Å². The molecule has 1 N–H and O–H groups in total. The Hall–Kier alpha value is -3.10. The van der Waals surface area contributed by atoms with Gasteiger partial charge in [-0.25, -0.2) is 0 Å². The second kappa shape index (κ2) is 10.9. The maximum absolute atomic E-state index is 12.8. The normalized spacial score (nSPS) is 10.9. The number of carbonyl (C=O) groups is 1. The van der Waals surface area contributed by atoms with E-state index in [-0.39, 0.29) is 11.7 Å². The monoisotopic (exact) mass is 492 g/mol. The van der Waals surface area contributed by atoms with E-state index in [0.717, 1.165) is 34.1 Å². The van der Waals surface area contributed by atoms with E-state index < -0.39 is 0 Å². The van der Waals surface area contributed by atoms with Gasteiger partial charge in [0.15, 0.2) is 5.16 Å². The number of nitrogens with zero attached hydrogens (tertiary/aromatic N) is 3. The van der Waals surface area contributed by atoms with Gasteiger partial charge in [-0.05, 0) is 74.5 Å². The Morgan fingerprint density at radius 2 is 1.82 bits per heavy atom. The Labute approximate surface area is 208 Å². The van der Waals surface area contributed by atoms with Crippen molar-refractivity contribution < 1.29 is 9.53 Å². The standard InChI is InChI=1S/C26H28N4O2S2/c1-5-32-21-10-8-20(9-11-21)30-23(15-22-7-6-12-33-22)28-29-26(30)34-16-24(31)27-25-18(3)13-17(2)14-19(25)4/h6-14H,5,15-16H2,1-4H3,(H,27,31). The fourth-order valence-corrected chi connectivity index (χ4v) is 5.35. The zero-order chi connectivity index (χ0) is 24.1. The molecule has 0 radical (unpaired) electrons. The Kier molecular flexibility index (Phi) is 7.70. The molecule has 34 heavy (non-hydrogen) atoms. The lowest BCUT2D eigenvalue weighted by Gasteiger charge is -2.13. The lowest BCUT2D eigenvalue weighted by Crippen LogP contribution is -2.16. The van der Waals surface area contributed by atoms with Gasteiger partial charge in [-0.3, -0.25) is 9.36 Å². The van der Waals surface area contributed by atoms with Crippen molar-refractivity contribution in [2.75, 3.05) is 17.7 Å². The van der Waals surface area contributed by atoms with Gasteiger partial charge in [0.05, 0.1) is 12.4 Å². The molecule has 0 bridgehead atoms. The quantitative estimate of drug-likeness (QED) is 0.291. The fourth-order valence-electron chi connectivity index (χ4n) is 3.88. The number of hydrogen-bond donors (Lipinski definition) is 1. The summed E-state index contributed by atoms with van der Waals surface area (Å²) < 4.78 is 7.61. The van der Waals surface area contributed by atoms with Crippen LogP contribution in [0.25, 0.3) is 5.69 Å². The van der Waals surface area contributed by atoms with Gasteiger partial charge in [0.2, 0.25) is 5.91 Å². The van der Waals surface area contributed by atoms with Crippen LogP contribution in [0.15, 0.2) is 59.1 Å². The van der Waals surface area contributed by atoms with Crippen LogP contribution in [0, 0.1) is 20.8 Å². The van der Waals surface area contributed by atoms with Crippen LogP contribution >= 0.6 is 23.1 Å². The molecule has 0 fully saturated rings. The molecule has 0 aliphatic heterocycles. The Morgan fingerprint density at radius 3 is 2.47 bits per heavy atom. The largest absolute Gasteiger partial charge is 0.494 e. The van der Waals surface area contributed by atoms with Gasteiger partial charge in [-0.1, -0.05) is 35.5 Å². The number of hydrogen-bond acceptors (Lipinski definition) is 6. The van der Waals surface area contributed by atoms with Crippen molar-refractivity contribution in [2.45, 2.75) is 39.3 Å². The van der Waals surface area contributed by atoms with E-state index in [2.05, 4.69) is 46.0 Å². The molecule has 6 nitrogen and oxygen atoms in total. The molecule has 0 aliphatic rings. The third kappa shape index (κ3) is 5.69. The summed E-state index contributed by atoms with van der Waals surface area (Å²) in [6, 6.07) is 16.2. The molecule has 0 saturated carbocycles. The van der Waals surface area contributed by atoms with E-state index in [4.69, 9.17) is 4.74 Å². The molecule has 1 amide bonds. The van der Waals surface area contributed by atoms with Gasteiger partial charge in [0.25, 0.3) is 0 Å². The number of carbonyl (C=O) groups excluding carboxylic acids is 1. The molecule has 176 valence electrons. The number of thioether (sulfide) groups is 1.